The minimum absolute atomic E-state index is 0.0233. The predicted octanol–water partition coefficient (Wildman–Crippen LogP) is 1.29. The zero-order valence-corrected chi connectivity index (χ0v) is 12.3. The highest BCUT2D eigenvalue weighted by molar-refractivity contribution is 7.89. The lowest BCUT2D eigenvalue weighted by molar-refractivity contribution is 0.463. The molecule has 2 rings (SSSR count). The van der Waals surface area contributed by atoms with Crippen molar-refractivity contribution in [1.29, 1.82) is 0 Å². The van der Waals surface area contributed by atoms with Crippen molar-refractivity contribution in [3.63, 3.8) is 0 Å². The first kappa shape index (κ1) is 14.2. The van der Waals surface area contributed by atoms with Crippen LogP contribution in [0.25, 0.3) is 0 Å². The van der Waals surface area contributed by atoms with E-state index < -0.39 is 10.0 Å². The fourth-order valence-electron chi connectivity index (χ4n) is 1.70. The van der Waals surface area contributed by atoms with Gasteiger partial charge in [0.1, 0.15) is 10.7 Å². The zero-order chi connectivity index (χ0) is 14.0. The maximum Gasteiger partial charge on any atom is 0.242 e. The Morgan fingerprint density at radius 3 is 2.79 bits per heavy atom. The lowest BCUT2D eigenvalue weighted by atomic mass is 10.3. The lowest BCUT2D eigenvalue weighted by Gasteiger charge is -2.06. The van der Waals surface area contributed by atoms with Gasteiger partial charge < -0.3 is 10.2 Å². The van der Waals surface area contributed by atoms with Crippen LogP contribution in [0.5, 0.6) is 0 Å². The summed E-state index contributed by atoms with van der Waals surface area (Å²) in [5.74, 6) is 0.979. The molecule has 0 saturated carbocycles. The van der Waals surface area contributed by atoms with E-state index in [4.69, 9.17) is 10.2 Å². The summed E-state index contributed by atoms with van der Waals surface area (Å²) in [4.78, 5) is 4.86. The SMILES string of the molecule is Cc1cnc(CNS(=O)(=O)c2c(C)csc2CN)o1. The molecule has 2 aromatic rings. The van der Waals surface area contributed by atoms with Crippen LogP contribution < -0.4 is 10.5 Å². The van der Waals surface area contributed by atoms with Crippen LogP contribution in [0.2, 0.25) is 0 Å². The summed E-state index contributed by atoms with van der Waals surface area (Å²) in [7, 11) is -3.60. The quantitative estimate of drug-likeness (QED) is 0.867. The van der Waals surface area contributed by atoms with Crippen LogP contribution in [0, 0.1) is 13.8 Å². The van der Waals surface area contributed by atoms with E-state index in [0.717, 1.165) is 0 Å². The molecule has 6 nitrogen and oxygen atoms in total. The molecule has 0 saturated heterocycles. The van der Waals surface area contributed by atoms with Crippen LogP contribution in [0.15, 0.2) is 20.9 Å². The summed E-state index contributed by atoms with van der Waals surface area (Å²) in [6.07, 6.45) is 1.55. The first-order valence-electron chi connectivity index (χ1n) is 5.62. The third-order valence-corrected chi connectivity index (χ3v) is 5.41. The third kappa shape index (κ3) is 3.03. The average molecular weight is 301 g/mol. The van der Waals surface area contributed by atoms with Gasteiger partial charge in [-0.1, -0.05) is 0 Å². The van der Waals surface area contributed by atoms with Gasteiger partial charge in [0.2, 0.25) is 15.9 Å². The Morgan fingerprint density at radius 1 is 1.47 bits per heavy atom. The van der Waals surface area contributed by atoms with E-state index in [1.807, 2.05) is 0 Å². The van der Waals surface area contributed by atoms with Gasteiger partial charge in [0, 0.05) is 11.4 Å². The number of aromatic nitrogens is 1. The summed E-state index contributed by atoms with van der Waals surface area (Å²) in [6.45, 7) is 3.72. The van der Waals surface area contributed by atoms with E-state index in [-0.39, 0.29) is 18.0 Å². The highest BCUT2D eigenvalue weighted by atomic mass is 32.2. The number of oxazole rings is 1. The number of thiophene rings is 1. The molecule has 0 unspecified atom stereocenters. The van der Waals surface area contributed by atoms with Gasteiger partial charge in [-0.25, -0.2) is 18.1 Å². The second-order valence-electron chi connectivity index (χ2n) is 4.06. The van der Waals surface area contributed by atoms with Crippen LogP contribution in [0.4, 0.5) is 0 Å². The standard InChI is InChI=1S/C11H15N3O3S2/c1-7-6-18-9(3-12)11(7)19(15,16)14-5-10-13-4-8(2)17-10/h4,6,14H,3,5,12H2,1-2H3. The molecule has 0 bridgehead atoms. The summed E-state index contributed by atoms with van der Waals surface area (Å²) >= 11 is 1.35. The molecule has 104 valence electrons. The Bertz CT molecular complexity index is 673. The molecule has 2 aromatic heterocycles. The first-order chi connectivity index (χ1) is 8.94. The molecule has 19 heavy (non-hydrogen) atoms. The summed E-state index contributed by atoms with van der Waals surface area (Å²) in [5, 5.41) is 1.78. The Kier molecular flexibility index (Phi) is 4.04. The van der Waals surface area contributed by atoms with E-state index in [1.54, 1.807) is 25.4 Å². The van der Waals surface area contributed by atoms with Gasteiger partial charge in [-0.2, -0.15) is 0 Å². The smallest absolute Gasteiger partial charge is 0.242 e. The van der Waals surface area contributed by atoms with Gasteiger partial charge in [-0.05, 0) is 24.8 Å². The van der Waals surface area contributed by atoms with Crippen molar-refractivity contribution in [2.75, 3.05) is 0 Å². The Morgan fingerprint density at radius 2 is 2.21 bits per heavy atom. The van der Waals surface area contributed by atoms with Gasteiger partial charge in [0.25, 0.3) is 0 Å². The van der Waals surface area contributed by atoms with Crippen molar-refractivity contribution < 1.29 is 12.8 Å². The molecule has 0 fully saturated rings. The largest absolute Gasteiger partial charge is 0.445 e. The number of aryl methyl sites for hydroxylation is 2. The fraction of sp³-hybridized carbons (Fsp3) is 0.364. The average Bonchev–Trinajstić information content (AvgIpc) is 2.93. The summed E-state index contributed by atoms with van der Waals surface area (Å²) in [6, 6.07) is 0. The van der Waals surface area contributed by atoms with E-state index in [9.17, 15) is 8.42 Å². The van der Waals surface area contributed by atoms with Crippen molar-refractivity contribution in [1.82, 2.24) is 9.71 Å². The Balaban J connectivity index is 2.20. The third-order valence-electron chi connectivity index (χ3n) is 2.53. The molecule has 8 heteroatoms. The van der Waals surface area contributed by atoms with Crippen LogP contribution in [-0.4, -0.2) is 13.4 Å². The van der Waals surface area contributed by atoms with Crippen molar-refractivity contribution in [2.45, 2.75) is 31.8 Å². The van der Waals surface area contributed by atoms with Gasteiger partial charge in [0.15, 0.2) is 0 Å². The van der Waals surface area contributed by atoms with Crippen molar-refractivity contribution in [3.8, 4) is 0 Å². The van der Waals surface area contributed by atoms with E-state index in [2.05, 4.69) is 9.71 Å². The number of nitrogens with two attached hydrogens (primary N) is 1. The normalized spacial score (nSPS) is 11.9. The van der Waals surface area contributed by atoms with Crippen LogP contribution in [0.1, 0.15) is 22.1 Å². The number of hydrogen-bond donors (Lipinski definition) is 2. The van der Waals surface area contributed by atoms with Crippen molar-refractivity contribution >= 4 is 21.4 Å². The summed E-state index contributed by atoms with van der Waals surface area (Å²) in [5.41, 5.74) is 6.25. The molecule has 0 aliphatic rings. The van der Waals surface area contributed by atoms with Gasteiger partial charge >= 0.3 is 0 Å². The molecule has 0 aliphatic carbocycles. The fourth-order valence-corrected chi connectivity index (χ4v) is 4.37. The summed E-state index contributed by atoms with van der Waals surface area (Å²) < 4.78 is 32.2. The van der Waals surface area contributed by atoms with E-state index >= 15 is 0 Å². The zero-order valence-electron chi connectivity index (χ0n) is 10.6. The number of sulfonamides is 1. The molecule has 2 heterocycles. The van der Waals surface area contributed by atoms with Gasteiger partial charge in [-0.15, -0.1) is 11.3 Å². The lowest BCUT2D eigenvalue weighted by Crippen LogP contribution is -2.24. The minimum Gasteiger partial charge on any atom is -0.445 e. The Labute approximate surface area is 115 Å². The first-order valence-corrected chi connectivity index (χ1v) is 7.98. The van der Waals surface area contributed by atoms with Crippen molar-refractivity contribution in [2.24, 2.45) is 5.73 Å². The second-order valence-corrected chi connectivity index (χ2v) is 6.73. The minimum atomic E-state index is -3.60. The number of rotatable bonds is 5. The van der Waals surface area contributed by atoms with Crippen LogP contribution >= 0.6 is 11.3 Å². The molecular weight excluding hydrogens is 286 g/mol. The van der Waals surface area contributed by atoms with Crippen LogP contribution in [0.3, 0.4) is 0 Å². The molecule has 0 amide bonds. The van der Waals surface area contributed by atoms with Crippen molar-refractivity contribution in [3.05, 3.63) is 33.7 Å². The molecule has 0 spiro atoms. The Hall–Kier alpha value is -1.22. The topological polar surface area (TPSA) is 98.2 Å². The van der Waals surface area contributed by atoms with Gasteiger partial charge in [0.05, 0.1) is 12.7 Å². The maximum atomic E-state index is 12.2. The molecule has 0 radical (unpaired) electrons. The van der Waals surface area contributed by atoms with E-state index in [1.165, 1.54) is 11.3 Å². The molecular formula is C11H15N3O3S2. The maximum absolute atomic E-state index is 12.2. The highest BCUT2D eigenvalue weighted by Crippen LogP contribution is 2.26. The number of nitrogens with one attached hydrogen (secondary N) is 1. The molecule has 0 atom stereocenters. The second kappa shape index (κ2) is 5.41. The van der Waals surface area contributed by atoms with Gasteiger partial charge in [-0.3, -0.25) is 0 Å². The monoisotopic (exact) mass is 301 g/mol. The number of hydrogen-bond acceptors (Lipinski definition) is 6. The van der Waals surface area contributed by atoms with E-state index in [0.29, 0.717) is 22.1 Å². The molecule has 0 aliphatic heterocycles. The number of nitrogens with zero attached hydrogens (tertiary/aromatic N) is 1. The molecule has 3 N–H and O–H groups in total. The van der Waals surface area contributed by atoms with Crippen LogP contribution in [-0.2, 0) is 23.1 Å². The molecule has 0 aromatic carbocycles. The highest BCUT2D eigenvalue weighted by Gasteiger charge is 2.22. The predicted molar refractivity (Wildman–Crippen MR) is 72.2 cm³/mol.